The van der Waals surface area contributed by atoms with Gasteiger partial charge in [0.25, 0.3) is 5.56 Å². The van der Waals surface area contributed by atoms with Crippen LogP contribution in [-0.2, 0) is 18.3 Å². The van der Waals surface area contributed by atoms with Gasteiger partial charge in [0.15, 0.2) is 0 Å². The van der Waals surface area contributed by atoms with Gasteiger partial charge in [0.05, 0.1) is 28.0 Å². The lowest BCUT2D eigenvalue weighted by molar-refractivity contribution is -0.116. The van der Waals surface area contributed by atoms with Crippen LogP contribution in [0.2, 0.25) is 0 Å². The van der Waals surface area contributed by atoms with Crippen molar-refractivity contribution < 1.29 is 4.79 Å². The molecule has 0 atom stereocenters. The normalized spacial score (nSPS) is 11.0. The fraction of sp³-hybridized carbons (Fsp3) is 0.333. The minimum atomic E-state index is -0.147. The Kier molecular flexibility index (Phi) is 4.65. The number of aryl methyl sites for hydroxylation is 3. The Morgan fingerprint density at radius 1 is 1.28 bits per heavy atom. The van der Waals surface area contributed by atoms with Gasteiger partial charge in [0, 0.05) is 19.9 Å². The van der Waals surface area contributed by atoms with Crippen molar-refractivity contribution in [2.75, 3.05) is 5.32 Å². The van der Waals surface area contributed by atoms with Gasteiger partial charge in [-0.3, -0.25) is 14.3 Å². The van der Waals surface area contributed by atoms with E-state index in [0.717, 1.165) is 17.1 Å². The second-order valence-electron chi connectivity index (χ2n) is 6.10. The molecular formula is C18H21N5O2. The predicted molar refractivity (Wildman–Crippen MR) is 96.6 cm³/mol. The molecule has 0 unspecified atom stereocenters. The molecule has 0 radical (unpaired) electrons. The quantitative estimate of drug-likeness (QED) is 0.745. The van der Waals surface area contributed by atoms with Crippen molar-refractivity contribution in [3.05, 3.63) is 51.8 Å². The first-order chi connectivity index (χ1) is 12.0. The van der Waals surface area contributed by atoms with Crippen LogP contribution in [-0.4, -0.2) is 25.7 Å². The van der Waals surface area contributed by atoms with Crippen molar-refractivity contribution >= 4 is 22.5 Å². The molecule has 25 heavy (non-hydrogen) atoms. The number of carbonyl (C=O) groups excluding carboxylic acids is 1. The SMILES string of the molecule is Cc1nn(C)c(C)c1NC(=O)CCCc1nc2ccccc2c(=O)[nH]1. The average Bonchev–Trinajstić information content (AvgIpc) is 2.81. The van der Waals surface area contributed by atoms with Crippen molar-refractivity contribution in [3.63, 3.8) is 0 Å². The summed E-state index contributed by atoms with van der Waals surface area (Å²) < 4.78 is 1.74. The zero-order valence-electron chi connectivity index (χ0n) is 14.6. The largest absolute Gasteiger partial charge is 0.323 e. The fourth-order valence-corrected chi connectivity index (χ4v) is 2.83. The summed E-state index contributed by atoms with van der Waals surface area (Å²) >= 11 is 0. The van der Waals surface area contributed by atoms with Gasteiger partial charge in [-0.2, -0.15) is 5.10 Å². The van der Waals surface area contributed by atoms with Crippen LogP contribution in [0.5, 0.6) is 0 Å². The lowest BCUT2D eigenvalue weighted by Gasteiger charge is -2.06. The maximum Gasteiger partial charge on any atom is 0.258 e. The molecular weight excluding hydrogens is 318 g/mol. The highest BCUT2D eigenvalue weighted by Crippen LogP contribution is 2.18. The van der Waals surface area contributed by atoms with E-state index < -0.39 is 0 Å². The Hall–Kier alpha value is -2.96. The number of amides is 1. The average molecular weight is 339 g/mol. The molecule has 0 saturated heterocycles. The first kappa shape index (κ1) is 16.9. The van der Waals surface area contributed by atoms with Crippen LogP contribution >= 0.6 is 0 Å². The van der Waals surface area contributed by atoms with Crippen LogP contribution in [0.4, 0.5) is 5.69 Å². The maximum atomic E-state index is 12.2. The molecule has 1 aromatic carbocycles. The molecule has 3 rings (SSSR count). The second-order valence-corrected chi connectivity index (χ2v) is 6.10. The third-order valence-electron chi connectivity index (χ3n) is 4.25. The van der Waals surface area contributed by atoms with Crippen molar-refractivity contribution in [1.82, 2.24) is 19.7 Å². The van der Waals surface area contributed by atoms with Gasteiger partial charge in [-0.15, -0.1) is 0 Å². The number of hydrogen-bond donors (Lipinski definition) is 2. The number of hydrogen-bond acceptors (Lipinski definition) is 4. The fourth-order valence-electron chi connectivity index (χ4n) is 2.83. The van der Waals surface area contributed by atoms with E-state index in [-0.39, 0.29) is 11.5 Å². The van der Waals surface area contributed by atoms with Gasteiger partial charge in [0.1, 0.15) is 5.82 Å². The van der Waals surface area contributed by atoms with Gasteiger partial charge in [-0.05, 0) is 32.4 Å². The molecule has 0 bridgehead atoms. The van der Waals surface area contributed by atoms with Crippen molar-refractivity contribution in [2.24, 2.45) is 7.05 Å². The van der Waals surface area contributed by atoms with E-state index in [0.29, 0.717) is 36.0 Å². The van der Waals surface area contributed by atoms with Crippen LogP contribution in [0.1, 0.15) is 30.1 Å². The molecule has 0 saturated carbocycles. The van der Waals surface area contributed by atoms with Crippen LogP contribution in [0.3, 0.4) is 0 Å². The van der Waals surface area contributed by atoms with E-state index in [9.17, 15) is 9.59 Å². The molecule has 0 aliphatic rings. The van der Waals surface area contributed by atoms with E-state index in [1.807, 2.05) is 39.1 Å². The maximum absolute atomic E-state index is 12.2. The summed E-state index contributed by atoms with van der Waals surface area (Å²) in [5.41, 5.74) is 3.02. The Labute approximate surface area is 145 Å². The first-order valence-corrected chi connectivity index (χ1v) is 8.23. The number of nitrogens with one attached hydrogen (secondary N) is 2. The topological polar surface area (TPSA) is 92.7 Å². The minimum Gasteiger partial charge on any atom is -0.323 e. The zero-order valence-corrected chi connectivity index (χ0v) is 14.6. The lowest BCUT2D eigenvalue weighted by atomic mass is 10.2. The van der Waals surface area contributed by atoms with E-state index in [1.165, 1.54) is 0 Å². The highest BCUT2D eigenvalue weighted by atomic mass is 16.1. The number of carbonyl (C=O) groups is 1. The third-order valence-corrected chi connectivity index (χ3v) is 4.25. The molecule has 3 aromatic rings. The van der Waals surface area contributed by atoms with Crippen LogP contribution < -0.4 is 10.9 Å². The Bertz CT molecular complexity index is 987. The van der Waals surface area contributed by atoms with Gasteiger partial charge >= 0.3 is 0 Å². The molecule has 0 spiro atoms. The van der Waals surface area contributed by atoms with E-state index in [1.54, 1.807) is 10.7 Å². The standard InChI is InChI=1S/C18H21N5O2/c1-11-17(12(2)23(3)22-11)21-16(24)10-6-9-15-19-14-8-5-4-7-13(14)18(25)20-15/h4-5,7-8H,6,9-10H2,1-3H3,(H,21,24)(H,19,20,25). The molecule has 2 aromatic heterocycles. The number of H-pyrrole nitrogens is 1. The molecule has 7 nitrogen and oxygen atoms in total. The van der Waals surface area contributed by atoms with Crippen molar-refractivity contribution in [3.8, 4) is 0 Å². The van der Waals surface area contributed by atoms with E-state index >= 15 is 0 Å². The summed E-state index contributed by atoms with van der Waals surface area (Å²) in [6, 6.07) is 7.22. The summed E-state index contributed by atoms with van der Waals surface area (Å²) in [5, 5.41) is 7.77. The Morgan fingerprint density at radius 3 is 2.76 bits per heavy atom. The van der Waals surface area contributed by atoms with Crippen molar-refractivity contribution in [1.29, 1.82) is 0 Å². The Morgan fingerprint density at radius 2 is 2.04 bits per heavy atom. The number of aromatic nitrogens is 4. The van der Waals surface area contributed by atoms with Gasteiger partial charge in [-0.25, -0.2) is 4.98 Å². The first-order valence-electron chi connectivity index (χ1n) is 8.23. The lowest BCUT2D eigenvalue weighted by Crippen LogP contribution is -2.15. The number of para-hydroxylation sites is 1. The van der Waals surface area contributed by atoms with Crippen LogP contribution in [0.15, 0.2) is 29.1 Å². The smallest absolute Gasteiger partial charge is 0.258 e. The van der Waals surface area contributed by atoms with Crippen LogP contribution in [0.25, 0.3) is 10.9 Å². The minimum absolute atomic E-state index is 0.0673. The molecule has 7 heteroatoms. The Balaban J connectivity index is 1.61. The number of anilines is 1. The van der Waals surface area contributed by atoms with Crippen molar-refractivity contribution in [2.45, 2.75) is 33.1 Å². The van der Waals surface area contributed by atoms with Gasteiger partial charge < -0.3 is 10.3 Å². The van der Waals surface area contributed by atoms with Gasteiger partial charge in [0.2, 0.25) is 5.91 Å². The second kappa shape index (κ2) is 6.88. The highest BCUT2D eigenvalue weighted by molar-refractivity contribution is 5.91. The van der Waals surface area contributed by atoms with Crippen LogP contribution in [0, 0.1) is 13.8 Å². The molecule has 2 N–H and O–H groups in total. The number of benzene rings is 1. The number of rotatable bonds is 5. The van der Waals surface area contributed by atoms with E-state index in [2.05, 4.69) is 20.4 Å². The molecule has 0 aliphatic heterocycles. The number of nitrogens with zero attached hydrogens (tertiary/aromatic N) is 3. The molecule has 2 heterocycles. The zero-order chi connectivity index (χ0) is 18.0. The molecule has 0 aliphatic carbocycles. The summed E-state index contributed by atoms with van der Waals surface area (Å²) in [6.07, 6.45) is 1.49. The third kappa shape index (κ3) is 3.60. The summed E-state index contributed by atoms with van der Waals surface area (Å²) in [6.45, 7) is 3.78. The monoisotopic (exact) mass is 339 g/mol. The number of aromatic amines is 1. The number of fused-ring (bicyclic) bond motifs is 1. The molecule has 0 fully saturated rings. The summed E-state index contributed by atoms with van der Waals surface area (Å²) in [5.74, 6) is 0.535. The highest BCUT2D eigenvalue weighted by Gasteiger charge is 2.12. The summed E-state index contributed by atoms with van der Waals surface area (Å²) in [7, 11) is 1.85. The van der Waals surface area contributed by atoms with E-state index in [4.69, 9.17) is 0 Å². The predicted octanol–water partition coefficient (Wildman–Crippen LogP) is 2.23. The molecule has 130 valence electrons. The van der Waals surface area contributed by atoms with Gasteiger partial charge in [-0.1, -0.05) is 12.1 Å². The summed E-state index contributed by atoms with van der Waals surface area (Å²) in [4.78, 5) is 31.4. The molecule has 1 amide bonds.